The van der Waals surface area contributed by atoms with Crippen molar-refractivity contribution in [2.75, 3.05) is 5.32 Å². The smallest absolute Gasteiger partial charge is 0.411 e. The first-order valence-electron chi connectivity index (χ1n) is 7.18. The first kappa shape index (κ1) is 15.3. The molecule has 2 atom stereocenters. The summed E-state index contributed by atoms with van der Waals surface area (Å²) < 4.78 is 5.40. The minimum Gasteiger partial charge on any atom is -0.446 e. The molecule has 0 aromatic heterocycles. The van der Waals surface area contributed by atoms with Gasteiger partial charge >= 0.3 is 6.09 Å². The largest absolute Gasteiger partial charge is 0.446 e. The lowest BCUT2D eigenvalue weighted by Gasteiger charge is -2.26. The van der Waals surface area contributed by atoms with E-state index in [9.17, 15) is 14.9 Å². The van der Waals surface area contributed by atoms with Crippen molar-refractivity contribution in [3.63, 3.8) is 0 Å². The number of nitro benzene ring substituents is 1. The number of amides is 1. The highest BCUT2D eigenvalue weighted by molar-refractivity contribution is 5.86. The molecule has 1 aliphatic rings. The Bertz CT molecular complexity index is 544. The Morgan fingerprint density at radius 3 is 2.86 bits per heavy atom. The van der Waals surface area contributed by atoms with Crippen LogP contribution in [0.2, 0.25) is 0 Å². The van der Waals surface area contributed by atoms with Crippen molar-refractivity contribution >= 4 is 17.5 Å². The highest BCUT2D eigenvalue weighted by Crippen LogP contribution is 2.27. The summed E-state index contributed by atoms with van der Waals surface area (Å²) >= 11 is 0. The predicted molar refractivity (Wildman–Crippen MR) is 79.4 cm³/mol. The molecule has 21 heavy (non-hydrogen) atoms. The highest BCUT2D eigenvalue weighted by Gasteiger charge is 2.22. The maximum atomic E-state index is 11.9. The average molecular weight is 292 g/mol. The van der Waals surface area contributed by atoms with Crippen LogP contribution in [0.25, 0.3) is 0 Å². The van der Waals surface area contributed by atoms with E-state index in [1.807, 2.05) is 0 Å². The van der Waals surface area contributed by atoms with Gasteiger partial charge in [0.25, 0.3) is 5.69 Å². The van der Waals surface area contributed by atoms with E-state index in [2.05, 4.69) is 12.2 Å². The molecule has 0 aliphatic heterocycles. The van der Waals surface area contributed by atoms with Crippen LogP contribution in [0.15, 0.2) is 18.2 Å². The van der Waals surface area contributed by atoms with Gasteiger partial charge in [-0.1, -0.05) is 19.4 Å². The monoisotopic (exact) mass is 292 g/mol. The summed E-state index contributed by atoms with van der Waals surface area (Å²) in [4.78, 5) is 22.2. The van der Waals surface area contributed by atoms with Crippen LogP contribution in [0, 0.1) is 23.0 Å². The Hall–Kier alpha value is -2.11. The maximum absolute atomic E-state index is 11.9. The molecule has 1 amide bonds. The van der Waals surface area contributed by atoms with Gasteiger partial charge in [-0.05, 0) is 37.7 Å². The van der Waals surface area contributed by atoms with Gasteiger partial charge in [-0.2, -0.15) is 0 Å². The summed E-state index contributed by atoms with van der Waals surface area (Å²) in [6.07, 6.45) is 3.39. The topological polar surface area (TPSA) is 81.5 Å². The fourth-order valence-corrected chi connectivity index (χ4v) is 2.63. The van der Waals surface area contributed by atoms with Gasteiger partial charge in [0.1, 0.15) is 6.10 Å². The first-order chi connectivity index (χ1) is 9.95. The van der Waals surface area contributed by atoms with Gasteiger partial charge in [0, 0.05) is 12.1 Å². The van der Waals surface area contributed by atoms with E-state index < -0.39 is 11.0 Å². The molecule has 0 spiro atoms. The summed E-state index contributed by atoms with van der Waals surface area (Å²) in [6, 6.07) is 4.37. The molecule has 2 rings (SSSR count). The van der Waals surface area contributed by atoms with E-state index in [1.165, 1.54) is 18.6 Å². The summed E-state index contributed by atoms with van der Waals surface area (Å²) in [5, 5.41) is 13.4. The van der Waals surface area contributed by atoms with Crippen molar-refractivity contribution in [3.8, 4) is 0 Å². The predicted octanol–water partition coefficient (Wildman–Crippen LogP) is 4.03. The zero-order valence-electron chi connectivity index (χ0n) is 12.3. The summed E-state index contributed by atoms with van der Waals surface area (Å²) in [5.74, 6) is 0.566. The van der Waals surface area contributed by atoms with Crippen LogP contribution in [-0.4, -0.2) is 17.1 Å². The van der Waals surface area contributed by atoms with Gasteiger partial charge in [-0.25, -0.2) is 4.79 Å². The molecule has 1 fully saturated rings. The number of nitrogens with zero attached hydrogens (tertiary/aromatic N) is 1. The molecule has 0 heterocycles. The Morgan fingerprint density at radius 2 is 2.19 bits per heavy atom. The van der Waals surface area contributed by atoms with Crippen LogP contribution in [0.3, 0.4) is 0 Å². The van der Waals surface area contributed by atoms with Crippen molar-refractivity contribution in [3.05, 3.63) is 33.9 Å². The first-order valence-corrected chi connectivity index (χ1v) is 7.18. The molecule has 0 bridgehead atoms. The molecule has 1 aromatic carbocycles. The molecule has 0 unspecified atom stereocenters. The van der Waals surface area contributed by atoms with Crippen LogP contribution in [0.1, 0.15) is 38.2 Å². The molecule has 114 valence electrons. The number of aryl methyl sites for hydroxylation is 1. The molecule has 0 radical (unpaired) electrons. The quantitative estimate of drug-likeness (QED) is 0.673. The van der Waals surface area contributed by atoms with Gasteiger partial charge in [0.15, 0.2) is 0 Å². The summed E-state index contributed by atoms with van der Waals surface area (Å²) in [6.45, 7) is 3.93. The molecular formula is C15H20N2O4. The third-order valence-electron chi connectivity index (χ3n) is 3.83. The molecule has 1 aliphatic carbocycles. The molecule has 1 N–H and O–H groups in total. The number of carbonyl (C=O) groups is 1. The number of anilines is 1. The third kappa shape index (κ3) is 4.18. The molecule has 1 aromatic rings. The Kier molecular flexibility index (Phi) is 4.77. The lowest BCUT2D eigenvalue weighted by molar-refractivity contribution is -0.384. The fourth-order valence-electron chi connectivity index (χ4n) is 2.63. The van der Waals surface area contributed by atoms with Crippen LogP contribution in [-0.2, 0) is 4.74 Å². The van der Waals surface area contributed by atoms with Crippen molar-refractivity contribution in [1.82, 2.24) is 0 Å². The fraction of sp³-hybridized carbons (Fsp3) is 0.533. The SMILES string of the molecule is Cc1ccc([N+](=O)[O-])cc1NC(=O)O[C@@H]1CCC[C@@H](C)C1. The van der Waals surface area contributed by atoms with Crippen LogP contribution < -0.4 is 5.32 Å². The molecular weight excluding hydrogens is 272 g/mol. The third-order valence-corrected chi connectivity index (χ3v) is 3.83. The number of nitro groups is 1. The van der Waals surface area contributed by atoms with Crippen LogP contribution in [0.4, 0.5) is 16.2 Å². The van der Waals surface area contributed by atoms with Crippen molar-refractivity contribution in [1.29, 1.82) is 0 Å². The van der Waals surface area contributed by atoms with Gasteiger partial charge in [0.2, 0.25) is 0 Å². The van der Waals surface area contributed by atoms with Gasteiger partial charge in [-0.3, -0.25) is 15.4 Å². The van der Waals surface area contributed by atoms with Gasteiger partial charge in [0.05, 0.1) is 10.6 Å². The zero-order chi connectivity index (χ0) is 15.4. The lowest BCUT2D eigenvalue weighted by atomic mass is 9.89. The number of benzene rings is 1. The Labute approximate surface area is 123 Å². The van der Waals surface area contributed by atoms with E-state index in [-0.39, 0.29) is 11.8 Å². The number of rotatable bonds is 3. The van der Waals surface area contributed by atoms with Crippen LogP contribution >= 0.6 is 0 Å². The van der Waals surface area contributed by atoms with Crippen LogP contribution in [0.5, 0.6) is 0 Å². The van der Waals surface area contributed by atoms with E-state index in [0.717, 1.165) is 24.8 Å². The number of hydrogen-bond acceptors (Lipinski definition) is 4. The molecule has 0 saturated heterocycles. The van der Waals surface area contributed by atoms with E-state index in [1.54, 1.807) is 13.0 Å². The normalized spacial score (nSPS) is 21.6. The highest BCUT2D eigenvalue weighted by atomic mass is 16.6. The summed E-state index contributed by atoms with van der Waals surface area (Å²) in [7, 11) is 0. The minimum atomic E-state index is -0.544. The van der Waals surface area contributed by atoms with Crippen molar-refractivity contribution in [2.45, 2.75) is 45.6 Å². The molecule has 1 saturated carbocycles. The summed E-state index contributed by atoms with van der Waals surface area (Å²) in [5.41, 5.74) is 1.12. The average Bonchev–Trinajstić information content (AvgIpc) is 2.41. The lowest BCUT2D eigenvalue weighted by Crippen LogP contribution is -2.27. The van der Waals surface area contributed by atoms with Crippen molar-refractivity contribution in [2.24, 2.45) is 5.92 Å². The second kappa shape index (κ2) is 6.56. The Morgan fingerprint density at radius 1 is 1.43 bits per heavy atom. The minimum absolute atomic E-state index is 0.0535. The van der Waals surface area contributed by atoms with Gasteiger partial charge in [-0.15, -0.1) is 0 Å². The number of ether oxygens (including phenoxy) is 1. The van der Waals surface area contributed by atoms with Crippen molar-refractivity contribution < 1.29 is 14.5 Å². The Balaban J connectivity index is 1.99. The number of nitrogens with one attached hydrogen (secondary N) is 1. The second-order valence-electron chi connectivity index (χ2n) is 5.68. The number of non-ortho nitro benzene ring substituents is 1. The molecule has 6 heteroatoms. The van der Waals surface area contributed by atoms with Gasteiger partial charge < -0.3 is 4.74 Å². The number of carbonyl (C=O) groups excluding carboxylic acids is 1. The standard InChI is InChI=1S/C15H20N2O4/c1-10-4-3-5-13(8-10)21-15(18)16-14-9-12(17(19)20)7-6-11(14)2/h6-7,9-10,13H,3-5,8H2,1-2H3,(H,16,18)/t10-,13-/m1/s1. The second-order valence-corrected chi connectivity index (χ2v) is 5.68. The van der Waals surface area contributed by atoms with E-state index >= 15 is 0 Å². The molecule has 6 nitrogen and oxygen atoms in total. The maximum Gasteiger partial charge on any atom is 0.411 e. The van der Waals surface area contributed by atoms with E-state index in [4.69, 9.17) is 4.74 Å². The number of hydrogen-bond donors (Lipinski definition) is 1. The zero-order valence-corrected chi connectivity index (χ0v) is 12.3. The van der Waals surface area contributed by atoms with E-state index in [0.29, 0.717) is 11.6 Å².